The number of carbonyl (C=O) groups is 1. The first-order chi connectivity index (χ1) is 13.2. The molecule has 1 amide bonds. The zero-order valence-corrected chi connectivity index (χ0v) is 16.9. The zero-order valence-electron chi connectivity index (χ0n) is 13.6. The number of thiophene rings is 1. The van der Waals surface area contributed by atoms with Crippen molar-refractivity contribution in [1.82, 2.24) is 10.2 Å². The fourth-order valence-corrected chi connectivity index (χ4v) is 5.22. The molecule has 2 aromatic heterocycles. The Labute approximate surface area is 169 Å². The maximum atomic E-state index is 12.5. The van der Waals surface area contributed by atoms with Crippen molar-refractivity contribution in [3.63, 3.8) is 0 Å². The molecule has 0 atom stereocenters. The van der Waals surface area contributed by atoms with Crippen LogP contribution in [0.3, 0.4) is 0 Å². The van der Waals surface area contributed by atoms with E-state index in [1.807, 2.05) is 17.5 Å². The summed E-state index contributed by atoms with van der Waals surface area (Å²) < 4.78 is 60.9. The van der Waals surface area contributed by atoms with Gasteiger partial charge in [-0.2, -0.15) is 13.2 Å². The molecule has 0 radical (unpaired) electrons. The lowest BCUT2D eigenvalue weighted by Gasteiger charge is -2.08. The molecule has 0 aliphatic carbocycles. The number of nitrogens with one attached hydrogen (secondary N) is 1. The van der Waals surface area contributed by atoms with Crippen LogP contribution in [0.2, 0.25) is 0 Å². The number of anilines is 1. The highest BCUT2D eigenvalue weighted by atomic mass is 32.2. The Kier molecular flexibility index (Phi) is 6.07. The van der Waals surface area contributed by atoms with Gasteiger partial charge in [0.25, 0.3) is 15.7 Å². The maximum Gasteiger partial charge on any atom is 0.501 e. The van der Waals surface area contributed by atoms with Crippen LogP contribution >= 0.6 is 34.4 Å². The topological polar surface area (TPSA) is 89.0 Å². The third-order valence-electron chi connectivity index (χ3n) is 3.28. The SMILES string of the molecule is O=C(Nc1nnc(SCc2cccs2)s1)c1ccc(S(=O)(=O)C(F)(F)F)cc1. The van der Waals surface area contributed by atoms with E-state index in [1.54, 1.807) is 11.3 Å². The minimum atomic E-state index is -5.45. The van der Waals surface area contributed by atoms with Crippen molar-refractivity contribution >= 4 is 55.3 Å². The molecular formula is C15H10F3N3O3S4. The highest BCUT2D eigenvalue weighted by Crippen LogP contribution is 2.31. The van der Waals surface area contributed by atoms with Crippen LogP contribution in [0, 0.1) is 0 Å². The van der Waals surface area contributed by atoms with Crippen LogP contribution in [0.4, 0.5) is 18.3 Å². The Hall–Kier alpha value is -1.96. The number of carbonyl (C=O) groups excluding carboxylic acids is 1. The molecule has 3 rings (SSSR count). The van der Waals surface area contributed by atoms with E-state index in [4.69, 9.17) is 0 Å². The predicted octanol–water partition coefficient (Wildman–Crippen LogP) is 4.44. The van der Waals surface area contributed by atoms with E-state index < -0.39 is 26.1 Å². The van der Waals surface area contributed by atoms with Crippen molar-refractivity contribution in [2.45, 2.75) is 20.5 Å². The van der Waals surface area contributed by atoms with E-state index in [-0.39, 0.29) is 10.7 Å². The van der Waals surface area contributed by atoms with E-state index in [9.17, 15) is 26.4 Å². The summed E-state index contributed by atoms with van der Waals surface area (Å²) in [6, 6.07) is 7.41. The van der Waals surface area contributed by atoms with Crippen LogP contribution in [-0.2, 0) is 15.6 Å². The molecule has 0 saturated heterocycles. The van der Waals surface area contributed by atoms with Crippen LogP contribution in [0.25, 0.3) is 0 Å². The van der Waals surface area contributed by atoms with Gasteiger partial charge in [0.15, 0.2) is 4.34 Å². The van der Waals surface area contributed by atoms with E-state index in [0.717, 1.165) is 41.4 Å². The molecule has 0 spiro atoms. The highest BCUT2D eigenvalue weighted by Gasteiger charge is 2.46. The molecule has 1 N–H and O–H groups in total. The Bertz CT molecular complexity index is 1060. The number of hydrogen-bond donors (Lipinski definition) is 1. The smallest absolute Gasteiger partial charge is 0.296 e. The van der Waals surface area contributed by atoms with Gasteiger partial charge in [0.05, 0.1) is 4.90 Å². The lowest BCUT2D eigenvalue weighted by atomic mass is 10.2. The number of amides is 1. The second-order valence-electron chi connectivity index (χ2n) is 5.17. The van der Waals surface area contributed by atoms with E-state index in [1.165, 1.54) is 16.6 Å². The molecular weight excluding hydrogens is 455 g/mol. The van der Waals surface area contributed by atoms with Crippen LogP contribution in [0.15, 0.2) is 51.0 Å². The molecule has 0 aliphatic rings. The molecule has 28 heavy (non-hydrogen) atoms. The minimum absolute atomic E-state index is 0.0101. The van der Waals surface area contributed by atoms with Gasteiger partial charge in [0.2, 0.25) is 5.13 Å². The average molecular weight is 466 g/mol. The molecule has 3 aromatic rings. The average Bonchev–Trinajstić information content (AvgIpc) is 3.31. The molecule has 13 heteroatoms. The van der Waals surface area contributed by atoms with Gasteiger partial charge in [-0.3, -0.25) is 10.1 Å². The van der Waals surface area contributed by atoms with Gasteiger partial charge in [-0.15, -0.1) is 21.5 Å². The summed E-state index contributed by atoms with van der Waals surface area (Å²) in [7, 11) is -5.45. The summed E-state index contributed by atoms with van der Waals surface area (Å²) in [5.74, 6) is 0.0805. The van der Waals surface area contributed by atoms with Crippen LogP contribution in [-0.4, -0.2) is 30.0 Å². The molecule has 0 fully saturated rings. The highest BCUT2D eigenvalue weighted by molar-refractivity contribution is 8.00. The van der Waals surface area contributed by atoms with Crippen molar-refractivity contribution in [3.05, 3.63) is 52.2 Å². The fourth-order valence-electron chi connectivity index (χ4n) is 1.93. The summed E-state index contributed by atoms with van der Waals surface area (Å²) in [6.45, 7) is 0. The number of sulfone groups is 1. The molecule has 2 heterocycles. The second kappa shape index (κ2) is 8.19. The van der Waals surface area contributed by atoms with E-state index >= 15 is 0 Å². The van der Waals surface area contributed by atoms with Gasteiger partial charge in [0.1, 0.15) is 0 Å². The number of hydrogen-bond acceptors (Lipinski definition) is 8. The largest absolute Gasteiger partial charge is 0.501 e. The summed E-state index contributed by atoms with van der Waals surface area (Å²) in [6.07, 6.45) is 0. The third-order valence-corrected chi connectivity index (χ3v) is 7.86. The summed E-state index contributed by atoms with van der Waals surface area (Å²) in [5.41, 5.74) is -5.41. The molecule has 148 valence electrons. The van der Waals surface area contributed by atoms with E-state index in [2.05, 4.69) is 15.5 Å². The monoisotopic (exact) mass is 465 g/mol. The standard InChI is InChI=1S/C15H10F3N3O3S4/c16-15(17,18)28(23,24)11-5-3-9(4-6-11)12(22)19-13-20-21-14(27-13)26-8-10-2-1-7-25-10/h1-7H,8H2,(H,19,20,22). The quantitative estimate of drug-likeness (QED) is 0.428. The Morgan fingerprint density at radius 1 is 1.14 bits per heavy atom. The number of aromatic nitrogens is 2. The molecule has 0 unspecified atom stereocenters. The molecule has 6 nitrogen and oxygen atoms in total. The minimum Gasteiger partial charge on any atom is -0.296 e. The summed E-state index contributed by atoms with van der Waals surface area (Å²) in [4.78, 5) is 12.4. The molecule has 1 aromatic carbocycles. The van der Waals surface area contributed by atoms with Crippen molar-refractivity contribution in [3.8, 4) is 0 Å². The van der Waals surface area contributed by atoms with Crippen molar-refractivity contribution in [2.24, 2.45) is 0 Å². The van der Waals surface area contributed by atoms with Crippen molar-refractivity contribution in [2.75, 3.05) is 5.32 Å². The summed E-state index contributed by atoms with van der Waals surface area (Å²) in [5, 5.41) is 12.5. The fraction of sp³-hybridized carbons (Fsp3) is 0.133. The first-order valence-electron chi connectivity index (χ1n) is 7.38. The zero-order chi connectivity index (χ0) is 20.4. The van der Waals surface area contributed by atoms with E-state index in [0.29, 0.717) is 4.34 Å². The number of thioether (sulfide) groups is 1. The van der Waals surface area contributed by atoms with Gasteiger partial charge < -0.3 is 0 Å². The van der Waals surface area contributed by atoms with Gasteiger partial charge >= 0.3 is 5.51 Å². The number of benzene rings is 1. The number of alkyl halides is 3. The first-order valence-corrected chi connectivity index (χ1v) is 11.5. The molecule has 0 saturated carbocycles. The van der Waals surface area contributed by atoms with Gasteiger partial charge in [0, 0.05) is 16.2 Å². The Morgan fingerprint density at radius 3 is 2.46 bits per heavy atom. The maximum absolute atomic E-state index is 12.5. The van der Waals surface area contributed by atoms with Crippen LogP contribution < -0.4 is 5.32 Å². The molecule has 0 bridgehead atoms. The van der Waals surface area contributed by atoms with Crippen molar-refractivity contribution in [1.29, 1.82) is 0 Å². The van der Waals surface area contributed by atoms with Crippen LogP contribution in [0.1, 0.15) is 15.2 Å². The third kappa shape index (κ3) is 4.71. The van der Waals surface area contributed by atoms with Gasteiger partial charge in [-0.1, -0.05) is 29.2 Å². The Morgan fingerprint density at radius 2 is 1.86 bits per heavy atom. The number of halogens is 3. The lowest BCUT2D eigenvalue weighted by Crippen LogP contribution is -2.23. The normalized spacial score (nSPS) is 12.1. The lowest BCUT2D eigenvalue weighted by molar-refractivity contribution is -0.0436. The number of rotatable bonds is 6. The Balaban J connectivity index is 1.63. The number of nitrogens with zero attached hydrogens (tertiary/aromatic N) is 2. The predicted molar refractivity (Wildman–Crippen MR) is 101 cm³/mol. The second-order valence-corrected chi connectivity index (χ2v) is 10.3. The van der Waals surface area contributed by atoms with Crippen molar-refractivity contribution < 1.29 is 26.4 Å². The van der Waals surface area contributed by atoms with Gasteiger partial charge in [-0.25, -0.2) is 8.42 Å². The molecule has 0 aliphatic heterocycles. The van der Waals surface area contributed by atoms with Crippen LogP contribution in [0.5, 0.6) is 0 Å². The van der Waals surface area contributed by atoms with Gasteiger partial charge in [-0.05, 0) is 35.7 Å². The first kappa shape index (κ1) is 20.8. The summed E-state index contributed by atoms with van der Waals surface area (Å²) >= 11 is 4.23.